The van der Waals surface area contributed by atoms with Gasteiger partial charge in [-0.05, 0) is 54.7 Å². The molecule has 3 aromatic rings. The number of ether oxygens (including phenoxy) is 1. The van der Waals surface area contributed by atoms with Crippen molar-refractivity contribution < 1.29 is 9.53 Å². The molecule has 0 saturated carbocycles. The quantitative estimate of drug-likeness (QED) is 0.304. The zero-order valence-electron chi connectivity index (χ0n) is 18.2. The Bertz CT molecular complexity index is 1020. The molecule has 0 aliphatic carbocycles. The second-order valence-corrected chi connectivity index (χ2v) is 8.62. The molecule has 31 heavy (non-hydrogen) atoms. The van der Waals surface area contributed by atoms with Gasteiger partial charge in [-0.2, -0.15) is 0 Å². The Labute approximate surface area is 193 Å². The van der Waals surface area contributed by atoms with Crippen molar-refractivity contribution in [2.45, 2.75) is 40.0 Å². The molecular formula is C25H28N2O2S2. The number of carbonyl (C=O) groups excluding carboxylic acids is 1. The molecule has 2 aromatic carbocycles. The third-order valence-electron chi connectivity index (χ3n) is 4.96. The zero-order chi connectivity index (χ0) is 22.2. The summed E-state index contributed by atoms with van der Waals surface area (Å²) < 4.78 is 5.27. The van der Waals surface area contributed by atoms with Crippen molar-refractivity contribution in [3.63, 3.8) is 0 Å². The van der Waals surface area contributed by atoms with Crippen molar-refractivity contribution in [1.29, 1.82) is 0 Å². The first-order valence-corrected chi connectivity index (χ1v) is 11.8. The summed E-state index contributed by atoms with van der Waals surface area (Å²) in [4.78, 5) is 13.6. The number of hydrogen-bond acceptors (Lipinski definition) is 4. The molecule has 1 heterocycles. The summed E-state index contributed by atoms with van der Waals surface area (Å²) in [7, 11) is 0. The minimum atomic E-state index is -0.341. The van der Waals surface area contributed by atoms with Gasteiger partial charge in [-0.3, -0.25) is 0 Å². The lowest BCUT2D eigenvalue weighted by molar-refractivity contribution is 0.0528. The van der Waals surface area contributed by atoms with Gasteiger partial charge in [0, 0.05) is 17.0 Å². The highest BCUT2D eigenvalue weighted by Gasteiger charge is 2.19. The molecule has 0 fully saturated rings. The summed E-state index contributed by atoms with van der Waals surface area (Å²) in [6.45, 7) is 6.39. The highest BCUT2D eigenvalue weighted by Crippen LogP contribution is 2.31. The molecule has 6 heteroatoms. The van der Waals surface area contributed by atoms with Crippen molar-refractivity contribution >= 4 is 45.3 Å². The SMILES string of the molecule is CCOC(=O)c1cc(Cc2ccccc2)sc1NC(=S)Nc1c(CC)cccc1CC. The Hall–Kier alpha value is -2.70. The zero-order valence-corrected chi connectivity index (χ0v) is 19.8. The maximum Gasteiger partial charge on any atom is 0.341 e. The third kappa shape index (κ3) is 5.93. The standard InChI is InChI=1S/C25H28N2O2S2/c1-4-18-13-10-14-19(5-2)22(18)26-25(30)27-23-21(24(28)29-6-3)16-20(31-23)15-17-11-8-7-9-12-17/h7-14,16H,4-6,15H2,1-3H3,(H2,26,27,30). The molecule has 0 aliphatic heterocycles. The van der Waals surface area contributed by atoms with Gasteiger partial charge in [-0.15, -0.1) is 11.3 Å². The van der Waals surface area contributed by atoms with Gasteiger partial charge in [0.1, 0.15) is 5.00 Å². The molecular weight excluding hydrogens is 424 g/mol. The van der Waals surface area contributed by atoms with Crippen LogP contribution in [0.3, 0.4) is 0 Å². The molecule has 0 bridgehead atoms. The topological polar surface area (TPSA) is 50.4 Å². The molecule has 0 amide bonds. The number of nitrogens with one attached hydrogen (secondary N) is 2. The van der Waals surface area contributed by atoms with E-state index in [-0.39, 0.29) is 5.97 Å². The maximum atomic E-state index is 12.6. The summed E-state index contributed by atoms with van der Waals surface area (Å²) in [5.74, 6) is -0.341. The number of hydrogen-bond donors (Lipinski definition) is 2. The van der Waals surface area contributed by atoms with Gasteiger partial charge in [-0.25, -0.2) is 4.79 Å². The molecule has 0 saturated heterocycles. The average Bonchev–Trinajstić information content (AvgIpc) is 3.16. The fourth-order valence-corrected chi connectivity index (χ4v) is 4.78. The molecule has 162 valence electrons. The largest absolute Gasteiger partial charge is 0.462 e. The Morgan fingerprint density at radius 2 is 1.65 bits per heavy atom. The molecule has 0 unspecified atom stereocenters. The fraction of sp³-hybridized carbons (Fsp3) is 0.280. The van der Waals surface area contributed by atoms with E-state index in [1.54, 1.807) is 0 Å². The number of thiocarbonyl (C=S) groups is 1. The lowest BCUT2D eigenvalue weighted by Gasteiger charge is -2.17. The van der Waals surface area contributed by atoms with Crippen molar-refractivity contribution in [3.8, 4) is 0 Å². The number of anilines is 2. The minimum absolute atomic E-state index is 0.328. The van der Waals surface area contributed by atoms with E-state index < -0.39 is 0 Å². The van der Waals surface area contributed by atoms with Gasteiger partial charge in [0.25, 0.3) is 0 Å². The van der Waals surface area contributed by atoms with E-state index in [4.69, 9.17) is 17.0 Å². The summed E-state index contributed by atoms with van der Waals surface area (Å²) in [6, 6.07) is 18.4. The maximum absolute atomic E-state index is 12.6. The van der Waals surface area contributed by atoms with Crippen LogP contribution in [0.1, 0.15) is 52.7 Å². The summed E-state index contributed by atoms with van der Waals surface area (Å²) in [5, 5.41) is 7.78. The molecule has 0 atom stereocenters. The van der Waals surface area contributed by atoms with Crippen LogP contribution >= 0.6 is 23.6 Å². The predicted octanol–water partition coefficient (Wildman–Crippen LogP) is 6.45. The predicted molar refractivity (Wildman–Crippen MR) is 135 cm³/mol. The second kappa shape index (κ2) is 11.1. The summed E-state index contributed by atoms with van der Waals surface area (Å²) >= 11 is 7.14. The van der Waals surface area contributed by atoms with Crippen LogP contribution in [-0.4, -0.2) is 17.7 Å². The lowest BCUT2D eigenvalue weighted by Crippen LogP contribution is -2.21. The van der Waals surface area contributed by atoms with Gasteiger partial charge in [0.15, 0.2) is 5.11 Å². The van der Waals surface area contributed by atoms with Gasteiger partial charge in [0.05, 0.1) is 12.2 Å². The van der Waals surface area contributed by atoms with E-state index in [1.165, 1.54) is 28.0 Å². The third-order valence-corrected chi connectivity index (χ3v) is 6.22. The molecule has 0 radical (unpaired) electrons. The Balaban J connectivity index is 1.84. The number of rotatable bonds is 8. The van der Waals surface area contributed by atoms with Crippen LogP contribution in [0.15, 0.2) is 54.6 Å². The second-order valence-electron chi connectivity index (χ2n) is 7.08. The van der Waals surface area contributed by atoms with E-state index in [0.29, 0.717) is 22.3 Å². The molecule has 1 aromatic heterocycles. The van der Waals surface area contributed by atoms with Crippen molar-refractivity contribution in [2.75, 3.05) is 17.2 Å². The van der Waals surface area contributed by atoms with Crippen molar-refractivity contribution in [1.82, 2.24) is 0 Å². The van der Waals surface area contributed by atoms with E-state index in [0.717, 1.165) is 29.8 Å². The van der Waals surface area contributed by atoms with E-state index in [1.807, 2.05) is 31.2 Å². The van der Waals surface area contributed by atoms with Crippen LogP contribution in [-0.2, 0) is 24.0 Å². The van der Waals surface area contributed by atoms with E-state index in [9.17, 15) is 4.79 Å². The van der Waals surface area contributed by atoms with Gasteiger partial charge >= 0.3 is 5.97 Å². The first kappa shape index (κ1) is 23.0. The Morgan fingerprint density at radius 1 is 0.968 bits per heavy atom. The smallest absolute Gasteiger partial charge is 0.341 e. The number of aryl methyl sites for hydroxylation is 2. The number of thiophene rings is 1. The van der Waals surface area contributed by atoms with Crippen molar-refractivity contribution in [2.24, 2.45) is 0 Å². The minimum Gasteiger partial charge on any atom is -0.462 e. The normalized spacial score (nSPS) is 10.5. The first-order chi connectivity index (χ1) is 15.0. The van der Waals surface area contributed by atoms with E-state index >= 15 is 0 Å². The lowest BCUT2D eigenvalue weighted by atomic mass is 10.0. The van der Waals surface area contributed by atoms with Crippen LogP contribution in [0.25, 0.3) is 0 Å². The number of para-hydroxylation sites is 1. The molecule has 0 spiro atoms. The van der Waals surface area contributed by atoms with E-state index in [2.05, 4.69) is 54.8 Å². The number of benzene rings is 2. The monoisotopic (exact) mass is 452 g/mol. The molecule has 3 rings (SSSR count). The highest BCUT2D eigenvalue weighted by molar-refractivity contribution is 7.80. The number of esters is 1. The molecule has 0 aliphatic rings. The highest BCUT2D eigenvalue weighted by atomic mass is 32.1. The Morgan fingerprint density at radius 3 is 2.26 bits per heavy atom. The number of carbonyl (C=O) groups is 1. The van der Waals surface area contributed by atoms with Gasteiger partial charge in [0.2, 0.25) is 0 Å². The van der Waals surface area contributed by atoms with Crippen LogP contribution in [0.4, 0.5) is 10.7 Å². The Kier molecular flexibility index (Phi) is 8.20. The van der Waals surface area contributed by atoms with Crippen molar-refractivity contribution in [3.05, 3.63) is 81.7 Å². The average molecular weight is 453 g/mol. The van der Waals surface area contributed by atoms with Crippen LogP contribution in [0, 0.1) is 0 Å². The first-order valence-electron chi connectivity index (χ1n) is 10.6. The van der Waals surface area contributed by atoms with Gasteiger partial charge in [-0.1, -0.05) is 62.4 Å². The van der Waals surface area contributed by atoms with Crippen LogP contribution < -0.4 is 10.6 Å². The molecule has 2 N–H and O–H groups in total. The molecule has 4 nitrogen and oxygen atoms in total. The van der Waals surface area contributed by atoms with Crippen LogP contribution in [0.5, 0.6) is 0 Å². The summed E-state index contributed by atoms with van der Waals surface area (Å²) in [6.07, 6.45) is 2.57. The van der Waals surface area contributed by atoms with Gasteiger partial charge < -0.3 is 15.4 Å². The summed E-state index contributed by atoms with van der Waals surface area (Å²) in [5.41, 5.74) is 5.18. The fourth-order valence-electron chi connectivity index (χ4n) is 3.43. The van der Waals surface area contributed by atoms with Crippen LogP contribution in [0.2, 0.25) is 0 Å².